The van der Waals surface area contributed by atoms with Crippen LogP contribution >= 0.6 is 0 Å². The second-order valence-electron chi connectivity index (χ2n) is 7.19. The van der Waals surface area contributed by atoms with Gasteiger partial charge in [-0.1, -0.05) is 18.2 Å². The number of pyridine rings is 3. The summed E-state index contributed by atoms with van der Waals surface area (Å²) in [6, 6.07) is 22.1. The normalized spacial score (nSPS) is 11.0. The molecule has 5 nitrogen and oxygen atoms in total. The predicted molar refractivity (Wildman–Crippen MR) is 118 cm³/mol. The van der Waals surface area contributed by atoms with Gasteiger partial charge >= 0.3 is 0 Å². The molecule has 0 saturated heterocycles. The quantitative estimate of drug-likeness (QED) is 0.430. The third-order valence-electron chi connectivity index (χ3n) is 4.88. The largest absolute Gasteiger partial charge is 0.255 e. The van der Waals surface area contributed by atoms with Gasteiger partial charge < -0.3 is 0 Å². The van der Waals surface area contributed by atoms with Gasteiger partial charge in [0.1, 0.15) is 0 Å². The first kappa shape index (κ1) is 18.1. The Hall–Kier alpha value is -3.99. The maximum atomic E-state index is 4.83. The Morgan fingerprint density at radius 2 is 1.30 bits per heavy atom. The first-order valence-electron chi connectivity index (χ1n) is 9.81. The van der Waals surface area contributed by atoms with Crippen LogP contribution in [0.5, 0.6) is 0 Å². The lowest BCUT2D eigenvalue weighted by molar-refractivity contribution is 1.14. The molecule has 5 aromatic rings. The lowest BCUT2D eigenvalue weighted by Gasteiger charge is -2.10. The molecule has 30 heavy (non-hydrogen) atoms. The van der Waals surface area contributed by atoms with Crippen LogP contribution in [0, 0.1) is 6.92 Å². The van der Waals surface area contributed by atoms with Crippen LogP contribution in [0.15, 0.2) is 85.3 Å². The Morgan fingerprint density at radius 3 is 1.93 bits per heavy atom. The summed E-state index contributed by atoms with van der Waals surface area (Å²) in [5, 5.41) is 0. The van der Waals surface area contributed by atoms with Gasteiger partial charge in [0.25, 0.3) is 0 Å². The monoisotopic (exact) mass is 389 g/mol. The minimum Gasteiger partial charge on any atom is -0.255 e. The summed E-state index contributed by atoms with van der Waals surface area (Å²) in [4.78, 5) is 22.8. The van der Waals surface area contributed by atoms with E-state index in [1.807, 2.05) is 49.4 Å². The Morgan fingerprint density at radius 1 is 0.600 bits per heavy atom. The van der Waals surface area contributed by atoms with E-state index < -0.39 is 0 Å². The van der Waals surface area contributed by atoms with Crippen molar-refractivity contribution in [1.29, 1.82) is 0 Å². The summed E-state index contributed by atoms with van der Waals surface area (Å²) in [5.41, 5.74) is 8.42. The molecule has 0 unspecified atom stereocenters. The van der Waals surface area contributed by atoms with Crippen LogP contribution in [0.2, 0.25) is 0 Å². The smallest absolute Gasteiger partial charge is 0.0897 e. The first-order chi connectivity index (χ1) is 14.7. The molecular formula is C25H19N5. The molecule has 4 heterocycles. The summed E-state index contributed by atoms with van der Waals surface area (Å²) in [5.74, 6) is 0. The number of hydrogen-bond donors (Lipinski definition) is 0. The number of fused-ring (bicyclic) bond motifs is 1. The van der Waals surface area contributed by atoms with Crippen molar-refractivity contribution in [3.63, 3.8) is 0 Å². The fraction of sp³-hybridized carbons (Fsp3) is 0.0800. The highest BCUT2D eigenvalue weighted by molar-refractivity contribution is 5.75. The van der Waals surface area contributed by atoms with Gasteiger partial charge in [-0.15, -0.1) is 0 Å². The third-order valence-corrected chi connectivity index (χ3v) is 4.88. The zero-order valence-electron chi connectivity index (χ0n) is 16.5. The molecule has 144 valence electrons. The van der Waals surface area contributed by atoms with Crippen LogP contribution < -0.4 is 0 Å². The molecule has 1 aromatic carbocycles. The number of benzene rings is 1. The van der Waals surface area contributed by atoms with Gasteiger partial charge in [-0.25, -0.2) is 9.97 Å². The summed E-state index contributed by atoms with van der Waals surface area (Å²) in [6.07, 6.45) is 6.13. The van der Waals surface area contributed by atoms with Gasteiger partial charge in [-0.2, -0.15) is 0 Å². The van der Waals surface area contributed by atoms with Crippen molar-refractivity contribution in [3.8, 4) is 22.8 Å². The Balaban J connectivity index is 1.58. The molecule has 0 aliphatic rings. The van der Waals surface area contributed by atoms with E-state index in [0.29, 0.717) is 0 Å². The molecule has 0 N–H and O–H groups in total. The van der Waals surface area contributed by atoms with E-state index in [9.17, 15) is 0 Å². The summed E-state index contributed by atoms with van der Waals surface area (Å²) in [6.45, 7) is 1.95. The number of hydrogen-bond acceptors (Lipinski definition) is 5. The Kier molecular flexibility index (Phi) is 4.69. The van der Waals surface area contributed by atoms with Crippen molar-refractivity contribution >= 4 is 11.0 Å². The Labute approximate surface area is 174 Å². The molecule has 5 heteroatoms. The SMILES string of the molecule is Cc1cnc2cc(Cc3cc(-c4ccccn4)nc(-c4ccccn4)c3)ccc2n1. The van der Waals surface area contributed by atoms with E-state index in [4.69, 9.17) is 4.98 Å². The molecule has 0 bridgehead atoms. The Bertz CT molecular complexity index is 1260. The van der Waals surface area contributed by atoms with Gasteiger partial charge in [-0.3, -0.25) is 15.0 Å². The minimum atomic E-state index is 0.758. The molecule has 0 radical (unpaired) electrons. The average molecular weight is 389 g/mol. The molecule has 0 saturated carbocycles. The molecule has 0 atom stereocenters. The van der Waals surface area contributed by atoms with Crippen LogP contribution in [0.3, 0.4) is 0 Å². The van der Waals surface area contributed by atoms with Crippen LogP contribution in [-0.2, 0) is 6.42 Å². The molecule has 4 aromatic heterocycles. The number of nitrogens with zero attached hydrogens (tertiary/aromatic N) is 5. The van der Waals surface area contributed by atoms with Gasteiger partial charge in [0.05, 0.1) is 39.5 Å². The number of aryl methyl sites for hydroxylation is 1. The second-order valence-corrected chi connectivity index (χ2v) is 7.19. The zero-order chi connectivity index (χ0) is 20.3. The van der Waals surface area contributed by atoms with Gasteiger partial charge in [0.15, 0.2) is 0 Å². The van der Waals surface area contributed by atoms with Crippen LogP contribution in [-0.4, -0.2) is 24.9 Å². The van der Waals surface area contributed by atoms with E-state index in [1.165, 1.54) is 5.56 Å². The summed E-state index contributed by atoms with van der Waals surface area (Å²) in [7, 11) is 0. The van der Waals surface area contributed by atoms with E-state index >= 15 is 0 Å². The number of rotatable bonds is 4. The van der Waals surface area contributed by atoms with Crippen molar-refractivity contribution in [1.82, 2.24) is 24.9 Å². The molecule has 0 aliphatic carbocycles. The van der Waals surface area contributed by atoms with Crippen molar-refractivity contribution in [2.75, 3.05) is 0 Å². The molecule has 5 rings (SSSR count). The minimum absolute atomic E-state index is 0.758. The molecular weight excluding hydrogens is 370 g/mol. The highest BCUT2D eigenvalue weighted by Gasteiger charge is 2.10. The zero-order valence-corrected chi connectivity index (χ0v) is 16.5. The van der Waals surface area contributed by atoms with Gasteiger partial charge in [0.2, 0.25) is 0 Å². The molecule has 0 aliphatic heterocycles. The van der Waals surface area contributed by atoms with Crippen LogP contribution in [0.25, 0.3) is 33.8 Å². The second kappa shape index (κ2) is 7.79. The fourth-order valence-corrected chi connectivity index (χ4v) is 3.47. The third kappa shape index (κ3) is 3.78. The predicted octanol–water partition coefficient (Wildman–Crippen LogP) is 5.05. The lowest BCUT2D eigenvalue weighted by atomic mass is 10.0. The maximum Gasteiger partial charge on any atom is 0.0897 e. The molecule has 0 fully saturated rings. The number of aromatic nitrogens is 5. The van der Waals surface area contributed by atoms with Crippen molar-refractivity contribution < 1.29 is 0 Å². The highest BCUT2D eigenvalue weighted by Crippen LogP contribution is 2.24. The van der Waals surface area contributed by atoms with Crippen molar-refractivity contribution in [2.45, 2.75) is 13.3 Å². The van der Waals surface area contributed by atoms with E-state index in [1.54, 1.807) is 18.6 Å². The standard InChI is InChI=1S/C25H19N5/c1-17-16-28-23-13-18(8-9-22(23)29-17)12-19-14-24(20-6-2-4-10-26-20)30-25(15-19)21-7-3-5-11-27-21/h2-11,13-16H,12H2,1H3. The average Bonchev–Trinajstić information content (AvgIpc) is 2.80. The van der Waals surface area contributed by atoms with Crippen molar-refractivity contribution in [3.05, 3.63) is 102 Å². The summed E-state index contributed by atoms with van der Waals surface area (Å²) >= 11 is 0. The van der Waals surface area contributed by atoms with E-state index in [-0.39, 0.29) is 0 Å². The molecule has 0 spiro atoms. The molecule has 0 amide bonds. The topological polar surface area (TPSA) is 64.5 Å². The van der Waals surface area contributed by atoms with Crippen molar-refractivity contribution in [2.24, 2.45) is 0 Å². The summed E-state index contributed by atoms with van der Waals surface area (Å²) < 4.78 is 0. The van der Waals surface area contributed by atoms with Crippen LogP contribution in [0.4, 0.5) is 0 Å². The van der Waals surface area contributed by atoms with Crippen LogP contribution in [0.1, 0.15) is 16.8 Å². The van der Waals surface area contributed by atoms with Gasteiger partial charge in [-0.05, 0) is 73.0 Å². The lowest BCUT2D eigenvalue weighted by Crippen LogP contribution is -1.97. The first-order valence-corrected chi connectivity index (χ1v) is 9.81. The fourth-order valence-electron chi connectivity index (χ4n) is 3.47. The van der Waals surface area contributed by atoms with E-state index in [0.717, 1.165) is 51.5 Å². The highest BCUT2D eigenvalue weighted by atomic mass is 14.8. The maximum absolute atomic E-state index is 4.83. The van der Waals surface area contributed by atoms with Gasteiger partial charge in [0, 0.05) is 18.6 Å². The van der Waals surface area contributed by atoms with E-state index in [2.05, 4.69) is 44.2 Å².